The van der Waals surface area contributed by atoms with Gasteiger partial charge < -0.3 is 19.9 Å². The van der Waals surface area contributed by atoms with Crippen molar-refractivity contribution < 1.29 is 9.26 Å². The third kappa shape index (κ3) is 6.19. The molecule has 0 aliphatic carbocycles. The van der Waals surface area contributed by atoms with Gasteiger partial charge in [-0.05, 0) is 26.7 Å². The van der Waals surface area contributed by atoms with Crippen molar-refractivity contribution in [2.24, 2.45) is 4.99 Å². The Morgan fingerprint density at radius 3 is 2.62 bits per heavy atom. The molecule has 1 unspecified atom stereocenters. The Kier molecular flexibility index (Phi) is 7.91. The molecule has 7 nitrogen and oxygen atoms in total. The van der Waals surface area contributed by atoms with Crippen LogP contribution >= 0.6 is 24.0 Å². The maximum atomic E-state index is 5.79. The zero-order valence-corrected chi connectivity index (χ0v) is 17.6. The highest BCUT2D eigenvalue weighted by molar-refractivity contribution is 14.0. The van der Waals surface area contributed by atoms with Crippen molar-refractivity contribution in [1.82, 2.24) is 20.8 Å². The van der Waals surface area contributed by atoms with Crippen LogP contribution in [0.4, 0.5) is 0 Å². The van der Waals surface area contributed by atoms with Crippen LogP contribution in [0.3, 0.4) is 0 Å². The Labute approximate surface area is 161 Å². The van der Waals surface area contributed by atoms with Crippen molar-refractivity contribution >= 4 is 29.9 Å². The number of ether oxygens (including phenoxy) is 1. The smallest absolute Gasteiger partial charge is 0.232 e. The molecular formula is C16H30IN5O2. The van der Waals surface area contributed by atoms with Gasteiger partial charge in [0.05, 0.1) is 5.60 Å². The molecule has 1 aromatic heterocycles. The minimum absolute atomic E-state index is 0. The minimum Gasteiger partial charge on any atom is -0.373 e. The molecule has 138 valence electrons. The summed E-state index contributed by atoms with van der Waals surface area (Å²) in [7, 11) is 0. The predicted molar refractivity (Wildman–Crippen MR) is 105 cm³/mol. The number of aliphatic imine (C=N–C) groups is 1. The van der Waals surface area contributed by atoms with Gasteiger partial charge in [-0.1, -0.05) is 25.9 Å². The predicted octanol–water partition coefficient (Wildman–Crippen LogP) is 2.61. The molecule has 0 bridgehead atoms. The van der Waals surface area contributed by atoms with Crippen molar-refractivity contribution in [2.75, 3.05) is 19.7 Å². The van der Waals surface area contributed by atoms with E-state index in [-0.39, 0.29) is 35.0 Å². The van der Waals surface area contributed by atoms with Crippen LogP contribution in [0.1, 0.15) is 59.2 Å². The number of hydrogen-bond acceptors (Lipinski definition) is 5. The zero-order valence-electron chi connectivity index (χ0n) is 15.3. The fourth-order valence-electron chi connectivity index (χ4n) is 2.36. The first kappa shape index (κ1) is 21.1. The molecular weight excluding hydrogens is 421 g/mol. The highest BCUT2D eigenvalue weighted by Gasteiger charge is 2.29. The van der Waals surface area contributed by atoms with E-state index in [0.717, 1.165) is 38.5 Å². The van der Waals surface area contributed by atoms with E-state index in [4.69, 9.17) is 9.26 Å². The fraction of sp³-hybridized carbons (Fsp3) is 0.812. The van der Waals surface area contributed by atoms with Crippen molar-refractivity contribution in [3.63, 3.8) is 0 Å². The van der Waals surface area contributed by atoms with E-state index in [2.05, 4.69) is 32.7 Å². The zero-order chi connectivity index (χ0) is 16.9. The Hall–Kier alpha value is -0.900. The Morgan fingerprint density at radius 1 is 1.33 bits per heavy atom. The van der Waals surface area contributed by atoms with Gasteiger partial charge in [0.1, 0.15) is 6.54 Å². The average molecular weight is 451 g/mol. The molecule has 1 saturated heterocycles. The summed E-state index contributed by atoms with van der Waals surface area (Å²) in [5.74, 6) is 1.97. The first-order valence-corrected chi connectivity index (χ1v) is 8.32. The lowest BCUT2D eigenvalue weighted by atomic mass is 9.97. The second kappa shape index (κ2) is 8.98. The molecule has 0 amide bonds. The number of nitrogens with zero attached hydrogens (tertiary/aromatic N) is 3. The van der Waals surface area contributed by atoms with Crippen LogP contribution in [0.5, 0.6) is 0 Å². The number of nitrogens with one attached hydrogen (secondary N) is 2. The van der Waals surface area contributed by atoms with Gasteiger partial charge in [0.2, 0.25) is 5.89 Å². The van der Waals surface area contributed by atoms with Gasteiger partial charge in [0.25, 0.3) is 0 Å². The highest BCUT2D eigenvalue weighted by Crippen LogP contribution is 2.23. The lowest BCUT2D eigenvalue weighted by Crippen LogP contribution is -2.45. The van der Waals surface area contributed by atoms with E-state index >= 15 is 0 Å². The van der Waals surface area contributed by atoms with Crippen LogP contribution in [-0.4, -0.2) is 41.4 Å². The molecule has 1 aliphatic rings. The van der Waals surface area contributed by atoms with E-state index in [1.165, 1.54) is 0 Å². The summed E-state index contributed by atoms with van der Waals surface area (Å²) >= 11 is 0. The fourth-order valence-corrected chi connectivity index (χ4v) is 2.36. The summed E-state index contributed by atoms with van der Waals surface area (Å²) in [6, 6.07) is 0. The molecule has 8 heteroatoms. The molecule has 0 saturated carbocycles. The Balaban J connectivity index is 0.00000288. The lowest BCUT2D eigenvalue weighted by molar-refractivity contribution is 0.0243. The topological polar surface area (TPSA) is 84.6 Å². The molecule has 2 N–H and O–H groups in total. The first-order chi connectivity index (χ1) is 10.8. The normalized spacial score (nSPS) is 21.5. The van der Waals surface area contributed by atoms with Crippen molar-refractivity contribution in [1.29, 1.82) is 0 Å². The second-order valence-corrected chi connectivity index (χ2v) is 7.22. The molecule has 1 atom stereocenters. The van der Waals surface area contributed by atoms with E-state index < -0.39 is 0 Å². The van der Waals surface area contributed by atoms with E-state index in [1.54, 1.807) is 0 Å². The molecule has 2 heterocycles. The molecule has 0 spiro atoms. The van der Waals surface area contributed by atoms with E-state index in [1.807, 2.05) is 27.7 Å². The molecule has 0 aromatic carbocycles. The molecule has 2 rings (SSSR count). The number of rotatable bonds is 5. The van der Waals surface area contributed by atoms with E-state index in [9.17, 15) is 0 Å². The highest BCUT2D eigenvalue weighted by atomic mass is 127. The second-order valence-electron chi connectivity index (χ2n) is 7.22. The summed E-state index contributed by atoms with van der Waals surface area (Å²) in [5.41, 5.74) is -0.256. The SMILES string of the molecule is CCNC(=NCc1noc(C(C)(C)C)n1)NCC1(C)CCCO1.I. The summed E-state index contributed by atoms with van der Waals surface area (Å²) in [5, 5.41) is 10.6. The maximum Gasteiger partial charge on any atom is 0.232 e. The summed E-state index contributed by atoms with van der Waals surface area (Å²) in [6.45, 7) is 13.0. The van der Waals surface area contributed by atoms with Crippen LogP contribution in [0.25, 0.3) is 0 Å². The standard InChI is InChI=1S/C16H29N5O2.HI/c1-6-17-14(19-11-16(5)8-7-9-22-16)18-10-12-20-13(23-21-12)15(2,3)4;/h6-11H2,1-5H3,(H2,17,18,19);1H. The third-order valence-electron chi connectivity index (χ3n) is 3.76. The average Bonchev–Trinajstić information content (AvgIpc) is 3.11. The third-order valence-corrected chi connectivity index (χ3v) is 3.76. The van der Waals surface area contributed by atoms with Gasteiger partial charge in [-0.3, -0.25) is 0 Å². The molecule has 1 aliphatic heterocycles. The number of hydrogen-bond donors (Lipinski definition) is 2. The first-order valence-electron chi connectivity index (χ1n) is 8.32. The quantitative estimate of drug-likeness (QED) is 0.407. The summed E-state index contributed by atoms with van der Waals surface area (Å²) in [6.07, 6.45) is 2.18. The molecule has 0 radical (unpaired) electrons. The van der Waals surface area contributed by atoms with Gasteiger partial charge in [-0.2, -0.15) is 4.98 Å². The monoisotopic (exact) mass is 451 g/mol. The van der Waals surface area contributed by atoms with Crippen LogP contribution in [0, 0.1) is 0 Å². The van der Waals surface area contributed by atoms with Crippen molar-refractivity contribution in [2.45, 2.75) is 65.0 Å². The van der Waals surface area contributed by atoms with Crippen molar-refractivity contribution in [3.8, 4) is 0 Å². The molecule has 24 heavy (non-hydrogen) atoms. The summed E-state index contributed by atoms with van der Waals surface area (Å²) in [4.78, 5) is 8.92. The lowest BCUT2D eigenvalue weighted by Gasteiger charge is -2.24. The number of halogens is 1. The van der Waals surface area contributed by atoms with Crippen LogP contribution in [0.2, 0.25) is 0 Å². The molecule has 1 aromatic rings. The number of guanidine groups is 1. The minimum atomic E-state index is -0.147. The van der Waals surface area contributed by atoms with Gasteiger partial charge in [0, 0.05) is 25.1 Å². The Morgan fingerprint density at radius 2 is 2.08 bits per heavy atom. The van der Waals surface area contributed by atoms with Crippen LogP contribution in [0.15, 0.2) is 9.52 Å². The number of aromatic nitrogens is 2. The van der Waals surface area contributed by atoms with Gasteiger partial charge in [-0.15, -0.1) is 24.0 Å². The largest absolute Gasteiger partial charge is 0.373 e. The van der Waals surface area contributed by atoms with Gasteiger partial charge >= 0.3 is 0 Å². The van der Waals surface area contributed by atoms with Gasteiger partial charge in [0.15, 0.2) is 11.8 Å². The van der Waals surface area contributed by atoms with Crippen LogP contribution in [-0.2, 0) is 16.7 Å². The summed E-state index contributed by atoms with van der Waals surface area (Å²) < 4.78 is 11.1. The maximum absolute atomic E-state index is 5.79. The van der Waals surface area contributed by atoms with Gasteiger partial charge in [-0.25, -0.2) is 4.99 Å². The molecule has 1 fully saturated rings. The van der Waals surface area contributed by atoms with E-state index in [0.29, 0.717) is 18.3 Å². The Bertz CT molecular complexity index is 533. The van der Waals surface area contributed by atoms with Crippen LogP contribution < -0.4 is 10.6 Å². The van der Waals surface area contributed by atoms with Crippen molar-refractivity contribution in [3.05, 3.63) is 11.7 Å².